The SMILES string of the molecule is C=CC1(CO)C=C2C(=O)CC3C(=C)CC(O)CC3(C)C2CC1. The number of carbonyl (C=O) groups excluding carboxylic acids is 1. The summed E-state index contributed by atoms with van der Waals surface area (Å²) < 4.78 is 0. The maximum absolute atomic E-state index is 12.7. The zero-order chi connectivity index (χ0) is 16.1. The smallest absolute Gasteiger partial charge is 0.159 e. The molecule has 3 aliphatic rings. The second-order valence-electron chi connectivity index (χ2n) is 7.69. The van der Waals surface area contributed by atoms with Gasteiger partial charge in [0.2, 0.25) is 0 Å². The molecule has 0 heterocycles. The number of carbonyl (C=O) groups is 1. The van der Waals surface area contributed by atoms with E-state index in [1.165, 1.54) is 0 Å². The first-order valence-electron chi connectivity index (χ1n) is 8.21. The molecule has 0 bridgehead atoms. The molecular formula is C19H26O3. The zero-order valence-electron chi connectivity index (χ0n) is 13.3. The molecule has 3 rings (SSSR count). The van der Waals surface area contributed by atoms with Crippen LogP contribution in [-0.2, 0) is 4.79 Å². The molecule has 2 saturated carbocycles. The van der Waals surface area contributed by atoms with E-state index in [1.807, 2.05) is 6.08 Å². The molecule has 2 fully saturated rings. The summed E-state index contributed by atoms with van der Waals surface area (Å²) in [5.41, 5.74) is 1.31. The summed E-state index contributed by atoms with van der Waals surface area (Å²) in [6.07, 6.45) is 6.87. The Bertz CT molecular complexity index is 561. The lowest BCUT2D eigenvalue weighted by Crippen LogP contribution is -2.51. The fourth-order valence-corrected chi connectivity index (χ4v) is 5.06. The molecule has 2 N–H and O–H groups in total. The van der Waals surface area contributed by atoms with E-state index in [0.717, 1.165) is 30.4 Å². The molecule has 0 amide bonds. The van der Waals surface area contributed by atoms with E-state index in [9.17, 15) is 15.0 Å². The lowest BCUT2D eigenvalue weighted by Gasteiger charge is -2.55. The first-order chi connectivity index (χ1) is 10.3. The molecule has 5 atom stereocenters. The summed E-state index contributed by atoms with van der Waals surface area (Å²) in [7, 11) is 0. The molecule has 0 aliphatic heterocycles. The standard InChI is InChI=1S/C19H26O3/c1-4-19(11-20)6-5-15-14(10-19)17(22)8-16-12(2)7-13(21)9-18(15,16)3/h4,10,13,15-16,20-21H,1-2,5-9,11H2,3H3. The van der Waals surface area contributed by atoms with E-state index in [0.29, 0.717) is 12.8 Å². The third-order valence-corrected chi connectivity index (χ3v) is 6.39. The van der Waals surface area contributed by atoms with Gasteiger partial charge in [-0.2, -0.15) is 0 Å². The Morgan fingerprint density at radius 3 is 2.77 bits per heavy atom. The third-order valence-electron chi connectivity index (χ3n) is 6.39. The molecule has 22 heavy (non-hydrogen) atoms. The van der Waals surface area contributed by atoms with Gasteiger partial charge in [-0.05, 0) is 48.5 Å². The van der Waals surface area contributed by atoms with Crippen LogP contribution in [0.4, 0.5) is 0 Å². The minimum Gasteiger partial charge on any atom is -0.395 e. The van der Waals surface area contributed by atoms with Crippen molar-refractivity contribution in [1.29, 1.82) is 0 Å². The molecule has 0 radical (unpaired) electrons. The lowest BCUT2D eigenvalue weighted by atomic mass is 9.49. The second kappa shape index (κ2) is 5.17. The summed E-state index contributed by atoms with van der Waals surface area (Å²) in [4.78, 5) is 12.7. The first kappa shape index (κ1) is 15.7. The van der Waals surface area contributed by atoms with Gasteiger partial charge in [-0.1, -0.05) is 31.2 Å². The van der Waals surface area contributed by atoms with Crippen LogP contribution in [0.1, 0.15) is 39.0 Å². The molecule has 0 aromatic carbocycles. The maximum Gasteiger partial charge on any atom is 0.159 e. The quantitative estimate of drug-likeness (QED) is 0.771. The maximum atomic E-state index is 12.7. The summed E-state index contributed by atoms with van der Waals surface area (Å²) in [6.45, 7) is 10.2. The Kier molecular flexibility index (Phi) is 3.69. The minimum atomic E-state index is -0.463. The highest BCUT2D eigenvalue weighted by molar-refractivity contribution is 5.98. The van der Waals surface area contributed by atoms with Crippen molar-refractivity contribution in [2.45, 2.75) is 45.1 Å². The van der Waals surface area contributed by atoms with E-state index >= 15 is 0 Å². The Hall–Kier alpha value is -1.19. The van der Waals surface area contributed by atoms with Gasteiger partial charge in [-0.3, -0.25) is 4.79 Å². The highest BCUT2D eigenvalue weighted by atomic mass is 16.3. The average Bonchev–Trinajstić information content (AvgIpc) is 2.49. The normalized spacial score (nSPS) is 44.9. The predicted molar refractivity (Wildman–Crippen MR) is 86.1 cm³/mol. The third kappa shape index (κ3) is 2.14. The van der Waals surface area contributed by atoms with Crippen LogP contribution < -0.4 is 0 Å². The predicted octanol–water partition coefficient (Wildman–Crippen LogP) is 2.79. The molecule has 0 aromatic rings. The van der Waals surface area contributed by atoms with Gasteiger partial charge in [0.05, 0.1) is 12.7 Å². The van der Waals surface area contributed by atoms with Gasteiger partial charge in [0.1, 0.15) is 0 Å². The molecule has 120 valence electrons. The van der Waals surface area contributed by atoms with Crippen LogP contribution in [0, 0.1) is 22.7 Å². The largest absolute Gasteiger partial charge is 0.395 e. The number of fused-ring (bicyclic) bond motifs is 3. The van der Waals surface area contributed by atoms with Crippen LogP contribution in [0.15, 0.2) is 36.5 Å². The molecule has 0 saturated heterocycles. The zero-order valence-corrected chi connectivity index (χ0v) is 13.3. The Morgan fingerprint density at radius 2 is 2.14 bits per heavy atom. The molecular weight excluding hydrogens is 276 g/mol. The van der Waals surface area contributed by atoms with Crippen LogP contribution in [0.3, 0.4) is 0 Å². The van der Waals surface area contributed by atoms with Gasteiger partial charge < -0.3 is 10.2 Å². The van der Waals surface area contributed by atoms with Crippen molar-refractivity contribution in [3.63, 3.8) is 0 Å². The van der Waals surface area contributed by atoms with Crippen molar-refractivity contribution < 1.29 is 15.0 Å². The van der Waals surface area contributed by atoms with Crippen LogP contribution in [-0.4, -0.2) is 28.7 Å². The van der Waals surface area contributed by atoms with Crippen LogP contribution in [0.25, 0.3) is 0 Å². The Morgan fingerprint density at radius 1 is 1.41 bits per heavy atom. The average molecular weight is 302 g/mol. The van der Waals surface area contributed by atoms with Gasteiger partial charge >= 0.3 is 0 Å². The summed E-state index contributed by atoms with van der Waals surface area (Å²) in [6, 6.07) is 0. The molecule has 5 unspecified atom stereocenters. The molecule has 3 heteroatoms. The highest BCUT2D eigenvalue weighted by Gasteiger charge is 2.54. The van der Waals surface area contributed by atoms with E-state index in [1.54, 1.807) is 6.08 Å². The summed E-state index contributed by atoms with van der Waals surface area (Å²) >= 11 is 0. The van der Waals surface area contributed by atoms with Crippen molar-refractivity contribution >= 4 is 5.78 Å². The van der Waals surface area contributed by atoms with Gasteiger partial charge in [0.25, 0.3) is 0 Å². The van der Waals surface area contributed by atoms with E-state index < -0.39 is 5.41 Å². The van der Waals surface area contributed by atoms with E-state index in [-0.39, 0.29) is 35.7 Å². The lowest BCUT2D eigenvalue weighted by molar-refractivity contribution is -0.124. The van der Waals surface area contributed by atoms with Crippen molar-refractivity contribution in [2.24, 2.45) is 22.7 Å². The fraction of sp³-hybridized carbons (Fsp3) is 0.632. The molecule has 3 aliphatic carbocycles. The van der Waals surface area contributed by atoms with Crippen molar-refractivity contribution in [2.75, 3.05) is 6.61 Å². The molecule has 0 aromatic heterocycles. The van der Waals surface area contributed by atoms with Crippen molar-refractivity contribution in [1.82, 2.24) is 0 Å². The van der Waals surface area contributed by atoms with E-state index in [2.05, 4.69) is 20.1 Å². The Labute approximate surface area is 132 Å². The number of Topliss-reactive ketones (excluding diaryl/α,β-unsaturated/α-hetero) is 1. The fourth-order valence-electron chi connectivity index (χ4n) is 5.06. The molecule has 0 spiro atoms. The number of aliphatic hydroxyl groups is 2. The molecule has 3 nitrogen and oxygen atoms in total. The second-order valence-corrected chi connectivity index (χ2v) is 7.69. The van der Waals surface area contributed by atoms with Crippen molar-refractivity contribution in [3.8, 4) is 0 Å². The topological polar surface area (TPSA) is 57.5 Å². The van der Waals surface area contributed by atoms with Crippen LogP contribution in [0.2, 0.25) is 0 Å². The summed E-state index contributed by atoms with van der Waals surface area (Å²) in [5.74, 6) is 0.519. The highest BCUT2D eigenvalue weighted by Crippen LogP contribution is 2.59. The number of allylic oxidation sites excluding steroid dienone is 1. The van der Waals surface area contributed by atoms with E-state index in [4.69, 9.17) is 0 Å². The van der Waals surface area contributed by atoms with Gasteiger partial charge in [-0.15, -0.1) is 6.58 Å². The summed E-state index contributed by atoms with van der Waals surface area (Å²) in [5, 5.41) is 19.9. The minimum absolute atomic E-state index is 0.00449. The first-order valence-corrected chi connectivity index (χ1v) is 8.21. The number of rotatable bonds is 2. The van der Waals surface area contributed by atoms with Crippen LogP contribution in [0.5, 0.6) is 0 Å². The van der Waals surface area contributed by atoms with Crippen molar-refractivity contribution in [3.05, 3.63) is 36.5 Å². The number of aliphatic hydroxyl groups excluding tert-OH is 2. The number of hydrogen-bond acceptors (Lipinski definition) is 3. The van der Waals surface area contributed by atoms with Crippen LogP contribution >= 0.6 is 0 Å². The van der Waals surface area contributed by atoms with Gasteiger partial charge in [-0.25, -0.2) is 0 Å². The Balaban J connectivity index is 2.04. The number of ketones is 1. The monoisotopic (exact) mass is 302 g/mol. The number of hydrogen-bond donors (Lipinski definition) is 2. The van der Waals surface area contributed by atoms with Gasteiger partial charge in [0.15, 0.2) is 5.78 Å². The van der Waals surface area contributed by atoms with Gasteiger partial charge in [0, 0.05) is 11.8 Å².